The van der Waals surface area contributed by atoms with Crippen molar-refractivity contribution in [2.24, 2.45) is 11.3 Å². The van der Waals surface area contributed by atoms with Crippen LogP contribution in [0.15, 0.2) is 30.3 Å². The first-order chi connectivity index (χ1) is 12.6. The first-order valence-corrected chi connectivity index (χ1v) is 9.36. The zero-order valence-electron chi connectivity index (χ0n) is 15.7. The van der Waals surface area contributed by atoms with E-state index >= 15 is 0 Å². The molecule has 6 nitrogen and oxygen atoms in total. The normalized spacial score (nSPS) is 20.9. The minimum atomic E-state index is -0.313. The lowest BCUT2D eigenvalue weighted by atomic mass is 9.96. The second-order valence-corrected chi connectivity index (χ2v) is 7.78. The second-order valence-electron chi connectivity index (χ2n) is 7.78. The molecule has 0 N–H and O–H groups in total. The summed E-state index contributed by atoms with van der Waals surface area (Å²) >= 11 is 0. The summed E-state index contributed by atoms with van der Waals surface area (Å²) in [6.45, 7) is 6.17. The Morgan fingerprint density at radius 3 is 2.62 bits per heavy atom. The molecule has 1 aliphatic carbocycles. The number of methoxy groups -OCH3 is 1. The first-order valence-electron chi connectivity index (χ1n) is 9.36. The van der Waals surface area contributed by atoms with E-state index in [1.165, 1.54) is 0 Å². The van der Waals surface area contributed by atoms with E-state index in [0.29, 0.717) is 19.7 Å². The zero-order valence-corrected chi connectivity index (χ0v) is 15.7. The van der Waals surface area contributed by atoms with E-state index in [4.69, 9.17) is 14.8 Å². The van der Waals surface area contributed by atoms with Crippen LogP contribution < -0.4 is 0 Å². The van der Waals surface area contributed by atoms with Crippen molar-refractivity contribution >= 4 is 5.91 Å². The summed E-state index contributed by atoms with van der Waals surface area (Å²) in [5.41, 5.74) is 0.694. The quantitative estimate of drug-likeness (QED) is 0.828. The van der Waals surface area contributed by atoms with Gasteiger partial charge in [0.2, 0.25) is 5.91 Å². The van der Waals surface area contributed by atoms with Gasteiger partial charge in [-0.2, -0.15) is 5.10 Å². The van der Waals surface area contributed by atoms with E-state index in [-0.39, 0.29) is 23.3 Å². The van der Waals surface area contributed by atoms with Crippen LogP contribution in [0.4, 0.5) is 0 Å². The molecule has 0 spiro atoms. The van der Waals surface area contributed by atoms with Crippen molar-refractivity contribution in [3.8, 4) is 11.4 Å². The highest BCUT2D eigenvalue weighted by Crippen LogP contribution is 2.49. The number of hydrogen-bond donors (Lipinski definition) is 0. The van der Waals surface area contributed by atoms with Gasteiger partial charge >= 0.3 is 0 Å². The van der Waals surface area contributed by atoms with Gasteiger partial charge in [-0.15, -0.1) is 0 Å². The second kappa shape index (κ2) is 6.50. The number of aromatic nitrogens is 3. The van der Waals surface area contributed by atoms with Crippen LogP contribution in [0.2, 0.25) is 0 Å². The number of fused-ring (bicyclic) bond motifs is 1. The highest BCUT2D eigenvalue weighted by atomic mass is 16.5. The molecule has 1 atom stereocenters. The maximum Gasteiger partial charge on any atom is 0.231 e. The van der Waals surface area contributed by atoms with Gasteiger partial charge in [0.25, 0.3) is 0 Å². The molecule has 138 valence electrons. The smallest absolute Gasteiger partial charge is 0.231 e. The third-order valence-electron chi connectivity index (χ3n) is 5.51. The monoisotopic (exact) mass is 354 g/mol. The summed E-state index contributed by atoms with van der Waals surface area (Å²) in [6, 6.07) is 9.97. The molecule has 0 bridgehead atoms. The minimum absolute atomic E-state index is 0.0458. The molecule has 1 fully saturated rings. The van der Waals surface area contributed by atoms with Gasteiger partial charge in [-0.3, -0.25) is 4.79 Å². The summed E-state index contributed by atoms with van der Waals surface area (Å²) in [6.07, 6.45) is 1.84. The predicted octanol–water partition coefficient (Wildman–Crippen LogP) is 2.91. The summed E-state index contributed by atoms with van der Waals surface area (Å²) in [7, 11) is 1.67. The largest absolute Gasteiger partial charge is 0.384 e. The van der Waals surface area contributed by atoms with Gasteiger partial charge in [0.15, 0.2) is 11.6 Å². The molecule has 1 aliphatic heterocycles. The van der Waals surface area contributed by atoms with Crippen molar-refractivity contribution in [1.82, 2.24) is 19.7 Å². The standard InChI is InChI=1S/C20H26N4O2/c1-14(2)16-18-21-17(15-7-5-4-6-8-15)22-24(18)12-11-23(16)19(25)20(9-10-20)13-26-3/h4-8,14,16H,9-13H2,1-3H3/t16-/m0/s1. The van der Waals surface area contributed by atoms with Crippen LogP contribution in [0.25, 0.3) is 11.4 Å². The Labute approximate surface area is 154 Å². The molecule has 26 heavy (non-hydrogen) atoms. The van der Waals surface area contributed by atoms with Gasteiger partial charge < -0.3 is 9.64 Å². The highest BCUT2D eigenvalue weighted by Gasteiger charge is 2.54. The molecule has 0 unspecified atom stereocenters. The molecule has 2 aliphatic rings. The topological polar surface area (TPSA) is 60.2 Å². The third-order valence-corrected chi connectivity index (χ3v) is 5.51. The van der Waals surface area contributed by atoms with Crippen LogP contribution in [0.3, 0.4) is 0 Å². The molecule has 4 rings (SSSR count). The van der Waals surface area contributed by atoms with Gasteiger partial charge in [0.1, 0.15) is 0 Å². The number of nitrogens with zero attached hydrogens (tertiary/aromatic N) is 4. The van der Waals surface area contributed by atoms with Crippen LogP contribution in [0, 0.1) is 11.3 Å². The van der Waals surface area contributed by atoms with Crippen LogP contribution in [0.1, 0.15) is 38.6 Å². The average Bonchev–Trinajstić information content (AvgIpc) is 3.30. The Bertz CT molecular complexity index is 795. The fraction of sp³-hybridized carbons (Fsp3) is 0.550. The van der Waals surface area contributed by atoms with Gasteiger partial charge in [-0.25, -0.2) is 9.67 Å². The number of benzene rings is 1. The van der Waals surface area contributed by atoms with Crippen LogP contribution in [0.5, 0.6) is 0 Å². The number of amides is 1. The lowest BCUT2D eigenvalue weighted by Crippen LogP contribution is -2.48. The van der Waals surface area contributed by atoms with E-state index < -0.39 is 0 Å². The maximum atomic E-state index is 13.3. The van der Waals surface area contributed by atoms with Gasteiger partial charge in [-0.1, -0.05) is 44.2 Å². The third kappa shape index (κ3) is 2.82. The number of carbonyl (C=O) groups is 1. The van der Waals surface area contributed by atoms with E-state index in [9.17, 15) is 4.79 Å². The zero-order chi connectivity index (χ0) is 18.3. The Morgan fingerprint density at radius 1 is 1.27 bits per heavy atom. The van der Waals surface area contributed by atoms with Crippen molar-refractivity contribution in [3.05, 3.63) is 36.2 Å². The van der Waals surface area contributed by atoms with Gasteiger partial charge in [-0.05, 0) is 18.8 Å². The van der Waals surface area contributed by atoms with E-state index in [0.717, 1.165) is 30.1 Å². The van der Waals surface area contributed by atoms with Crippen LogP contribution in [-0.4, -0.2) is 45.8 Å². The molecular weight excluding hydrogens is 328 g/mol. The maximum absolute atomic E-state index is 13.3. The number of carbonyl (C=O) groups excluding carboxylic acids is 1. The molecule has 6 heteroatoms. The lowest BCUT2D eigenvalue weighted by Gasteiger charge is -2.39. The molecule has 2 heterocycles. The summed E-state index contributed by atoms with van der Waals surface area (Å²) in [5.74, 6) is 2.11. The summed E-state index contributed by atoms with van der Waals surface area (Å²) in [5, 5.41) is 4.70. The molecular formula is C20H26N4O2. The van der Waals surface area contributed by atoms with Crippen molar-refractivity contribution < 1.29 is 9.53 Å². The first kappa shape index (κ1) is 17.2. The molecule has 0 radical (unpaired) electrons. The minimum Gasteiger partial charge on any atom is -0.384 e. The Kier molecular flexibility index (Phi) is 4.31. The van der Waals surface area contributed by atoms with Crippen molar-refractivity contribution in [3.63, 3.8) is 0 Å². The molecule has 1 aromatic heterocycles. The average molecular weight is 354 g/mol. The van der Waals surface area contributed by atoms with Crippen molar-refractivity contribution in [2.75, 3.05) is 20.3 Å². The van der Waals surface area contributed by atoms with Crippen LogP contribution in [-0.2, 0) is 16.1 Å². The van der Waals surface area contributed by atoms with E-state index in [1.54, 1.807) is 7.11 Å². The molecule has 0 saturated heterocycles. The molecule has 1 amide bonds. The Hall–Kier alpha value is -2.21. The molecule has 1 saturated carbocycles. The molecule has 1 aromatic carbocycles. The Balaban J connectivity index is 1.67. The lowest BCUT2D eigenvalue weighted by molar-refractivity contribution is -0.144. The molecule has 2 aromatic rings. The van der Waals surface area contributed by atoms with Crippen molar-refractivity contribution in [1.29, 1.82) is 0 Å². The SMILES string of the molecule is COCC1(C(=O)N2CCn3nc(-c4ccccc4)nc3[C@@H]2C(C)C)CC1. The number of ether oxygens (including phenoxy) is 1. The predicted molar refractivity (Wildman–Crippen MR) is 98.3 cm³/mol. The number of rotatable bonds is 5. The van der Waals surface area contributed by atoms with E-state index in [1.807, 2.05) is 39.9 Å². The fourth-order valence-corrected chi connectivity index (χ4v) is 3.97. The number of hydrogen-bond acceptors (Lipinski definition) is 4. The Morgan fingerprint density at radius 2 is 2.00 bits per heavy atom. The van der Waals surface area contributed by atoms with Crippen LogP contribution >= 0.6 is 0 Å². The van der Waals surface area contributed by atoms with Gasteiger partial charge in [0, 0.05) is 19.2 Å². The van der Waals surface area contributed by atoms with Gasteiger partial charge in [0.05, 0.1) is 24.6 Å². The summed E-state index contributed by atoms with van der Waals surface area (Å²) < 4.78 is 7.31. The highest BCUT2D eigenvalue weighted by molar-refractivity contribution is 5.86. The van der Waals surface area contributed by atoms with E-state index in [2.05, 4.69) is 13.8 Å². The summed E-state index contributed by atoms with van der Waals surface area (Å²) in [4.78, 5) is 20.1. The van der Waals surface area contributed by atoms with Crippen molar-refractivity contribution in [2.45, 2.75) is 39.3 Å². The fourth-order valence-electron chi connectivity index (χ4n) is 3.97.